The average molecular weight is 440 g/mol. The maximum absolute atomic E-state index is 13.3. The second kappa shape index (κ2) is 10.2. The molecule has 3 rings (SSSR count). The number of alkyl halides is 3. The molecule has 1 aliphatic heterocycles. The van der Waals surface area contributed by atoms with Gasteiger partial charge in [-0.2, -0.15) is 13.2 Å². The molecule has 1 aliphatic carbocycles. The Hall–Kier alpha value is -1.80. The van der Waals surface area contributed by atoms with Gasteiger partial charge in [0.1, 0.15) is 0 Å². The smallest absolute Gasteiger partial charge is 0.356 e. The van der Waals surface area contributed by atoms with Gasteiger partial charge in [0.05, 0.1) is 5.56 Å². The Balaban J connectivity index is 1.68. The van der Waals surface area contributed by atoms with Gasteiger partial charge in [0.25, 0.3) is 0 Å². The Bertz CT molecular complexity index is 743. The fourth-order valence-corrected chi connectivity index (χ4v) is 4.83. The number of hydrogen-bond acceptors (Lipinski definition) is 3. The zero-order valence-corrected chi connectivity index (χ0v) is 18.9. The van der Waals surface area contributed by atoms with Crippen molar-refractivity contribution in [1.29, 1.82) is 0 Å². The normalized spacial score (nSPS) is 23.5. The van der Waals surface area contributed by atoms with E-state index in [0.29, 0.717) is 18.5 Å². The zero-order valence-electron chi connectivity index (χ0n) is 18.9. The van der Waals surface area contributed by atoms with Crippen molar-refractivity contribution in [2.24, 2.45) is 4.99 Å². The maximum Gasteiger partial charge on any atom is 0.416 e. The van der Waals surface area contributed by atoms with Gasteiger partial charge in [-0.15, -0.1) is 0 Å². The first-order valence-corrected chi connectivity index (χ1v) is 11.2. The average Bonchev–Trinajstić information content (AvgIpc) is 2.76. The van der Waals surface area contributed by atoms with E-state index in [9.17, 15) is 13.2 Å². The molecule has 0 radical (unpaired) electrons. The summed E-state index contributed by atoms with van der Waals surface area (Å²) in [5, 5.41) is 6.85. The van der Waals surface area contributed by atoms with Crippen molar-refractivity contribution in [2.75, 3.05) is 53.9 Å². The van der Waals surface area contributed by atoms with E-state index >= 15 is 0 Å². The Morgan fingerprint density at radius 1 is 1.13 bits per heavy atom. The molecular weight excluding hydrogens is 403 g/mol. The first-order chi connectivity index (χ1) is 14.7. The molecule has 1 aromatic rings. The first-order valence-electron chi connectivity index (χ1n) is 11.2. The number of nitrogens with zero attached hydrogens (tertiary/aromatic N) is 3. The third-order valence-electron chi connectivity index (χ3n) is 6.92. The molecule has 2 fully saturated rings. The Morgan fingerprint density at radius 3 is 2.55 bits per heavy atom. The van der Waals surface area contributed by atoms with Gasteiger partial charge in [0.2, 0.25) is 0 Å². The molecule has 1 aromatic carbocycles. The van der Waals surface area contributed by atoms with Crippen LogP contribution in [0, 0.1) is 0 Å². The van der Waals surface area contributed by atoms with Crippen LogP contribution in [0.2, 0.25) is 0 Å². The summed E-state index contributed by atoms with van der Waals surface area (Å²) in [6.45, 7) is 4.45. The van der Waals surface area contributed by atoms with E-state index in [4.69, 9.17) is 0 Å². The topological polar surface area (TPSA) is 42.9 Å². The number of guanidine groups is 1. The molecule has 8 heteroatoms. The third kappa shape index (κ3) is 6.13. The highest BCUT2D eigenvalue weighted by Crippen LogP contribution is 2.41. The Labute approximate surface area is 184 Å². The predicted octanol–water partition coefficient (Wildman–Crippen LogP) is 3.32. The molecule has 174 valence electrons. The molecule has 1 saturated heterocycles. The zero-order chi connectivity index (χ0) is 22.5. The van der Waals surface area contributed by atoms with Gasteiger partial charge in [0.15, 0.2) is 5.96 Å². The van der Waals surface area contributed by atoms with Crippen LogP contribution in [0.15, 0.2) is 29.3 Å². The lowest BCUT2D eigenvalue weighted by atomic mass is 9.69. The minimum Gasteiger partial charge on any atom is -0.356 e. The number of nitrogens with one attached hydrogen (secondary N) is 2. The number of likely N-dealkylation sites (N-methyl/N-ethyl adjacent to an activating group) is 2. The summed E-state index contributed by atoms with van der Waals surface area (Å²) in [7, 11) is 6.01. The maximum atomic E-state index is 13.3. The molecule has 0 amide bonds. The molecular formula is C23H36F3N5. The van der Waals surface area contributed by atoms with Crippen LogP contribution >= 0.6 is 0 Å². The molecule has 31 heavy (non-hydrogen) atoms. The van der Waals surface area contributed by atoms with Crippen LogP contribution in [-0.2, 0) is 11.6 Å². The lowest BCUT2D eigenvalue weighted by Gasteiger charge is -2.39. The van der Waals surface area contributed by atoms with Crippen molar-refractivity contribution < 1.29 is 13.2 Å². The summed E-state index contributed by atoms with van der Waals surface area (Å²) in [4.78, 5) is 9.04. The van der Waals surface area contributed by atoms with E-state index in [0.717, 1.165) is 69.9 Å². The van der Waals surface area contributed by atoms with Crippen molar-refractivity contribution in [3.05, 3.63) is 35.4 Å². The Morgan fingerprint density at radius 2 is 1.87 bits per heavy atom. The molecule has 0 bridgehead atoms. The predicted molar refractivity (Wildman–Crippen MR) is 119 cm³/mol. The van der Waals surface area contributed by atoms with E-state index < -0.39 is 11.7 Å². The number of piperazine rings is 1. The van der Waals surface area contributed by atoms with Gasteiger partial charge < -0.3 is 15.5 Å². The van der Waals surface area contributed by atoms with E-state index in [-0.39, 0.29) is 5.41 Å². The van der Waals surface area contributed by atoms with E-state index in [2.05, 4.69) is 39.5 Å². The second-order valence-electron chi connectivity index (χ2n) is 9.12. The number of benzene rings is 1. The van der Waals surface area contributed by atoms with Crippen LogP contribution in [0.5, 0.6) is 0 Å². The lowest BCUT2D eigenvalue weighted by molar-refractivity contribution is -0.137. The number of aliphatic imine (C=N–C) groups is 1. The number of hydrogen-bond donors (Lipinski definition) is 2. The Kier molecular flexibility index (Phi) is 7.86. The molecule has 2 N–H and O–H groups in total. The summed E-state index contributed by atoms with van der Waals surface area (Å²) in [5.41, 5.74) is -0.0977. The van der Waals surface area contributed by atoms with Crippen molar-refractivity contribution in [1.82, 2.24) is 20.4 Å². The van der Waals surface area contributed by atoms with Gasteiger partial charge in [-0.1, -0.05) is 37.5 Å². The van der Waals surface area contributed by atoms with Gasteiger partial charge >= 0.3 is 6.18 Å². The van der Waals surface area contributed by atoms with Crippen LogP contribution in [-0.4, -0.2) is 75.7 Å². The fraction of sp³-hybridized carbons (Fsp3) is 0.696. The monoisotopic (exact) mass is 439 g/mol. The molecule has 0 aromatic heterocycles. The van der Waals surface area contributed by atoms with Crippen LogP contribution in [0.25, 0.3) is 0 Å². The van der Waals surface area contributed by atoms with Crippen molar-refractivity contribution in [2.45, 2.75) is 49.7 Å². The van der Waals surface area contributed by atoms with E-state index in [1.165, 1.54) is 12.1 Å². The first kappa shape index (κ1) is 23.9. The van der Waals surface area contributed by atoms with Crippen molar-refractivity contribution >= 4 is 5.96 Å². The highest BCUT2D eigenvalue weighted by Gasteiger charge is 2.37. The lowest BCUT2D eigenvalue weighted by Crippen LogP contribution is -2.56. The molecule has 1 heterocycles. The highest BCUT2D eigenvalue weighted by atomic mass is 19.4. The minimum absolute atomic E-state index is 0.307. The highest BCUT2D eigenvalue weighted by molar-refractivity contribution is 5.79. The van der Waals surface area contributed by atoms with Crippen molar-refractivity contribution in [3.8, 4) is 0 Å². The molecule has 1 unspecified atom stereocenters. The standard InChI is InChI=1S/C23H36F3N5/c1-27-21(28-15-20-16-30(2)12-13-31(20)3)29-17-22(10-5-4-6-11-22)18-8-7-9-19(14-18)23(24,25)26/h7-9,14,20H,4-6,10-13,15-17H2,1-3H3,(H2,27,28,29). The summed E-state index contributed by atoms with van der Waals surface area (Å²) in [5.74, 6) is 0.707. The molecule has 0 spiro atoms. The molecule has 1 atom stereocenters. The van der Waals surface area contributed by atoms with Crippen molar-refractivity contribution in [3.63, 3.8) is 0 Å². The second-order valence-corrected chi connectivity index (χ2v) is 9.12. The fourth-order valence-electron chi connectivity index (χ4n) is 4.83. The van der Waals surface area contributed by atoms with Gasteiger partial charge in [0, 0.05) is 51.2 Å². The molecule has 1 saturated carbocycles. The van der Waals surface area contributed by atoms with Crippen LogP contribution in [0.3, 0.4) is 0 Å². The number of rotatable bonds is 5. The van der Waals surface area contributed by atoms with E-state index in [1.807, 2.05) is 6.07 Å². The van der Waals surface area contributed by atoms with Gasteiger partial charge in [-0.3, -0.25) is 9.89 Å². The molecule has 5 nitrogen and oxygen atoms in total. The molecule has 2 aliphatic rings. The quantitative estimate of drug-likeness (QED) is 0.546. The summed E-state index contributed by atoms with van der Waals surface area (Å²) < 4.78 is 39.9. The number of halogens is 3. The van der Waals surface area contributed by atoms with Crippen LogP contribution < -0.4 is 10.6 Å². The van der Waals surface area contributed by atoms with Crippen LogP contribution in [0.4, 0.5) is 13.2 Å². The summed E-state index contributed by atoms with van der Waals surface area (Å²) in [6.07, 6.45) is 0.639. The summed E-state index contributed by atoms with van der Waals surface area (Å²) in [6, 6.07) is 6.29. The summed E-state index contributed by atoms with van der Waals surface area (Å²) >= 11 is 0. The van der Waals surface area contributed by atoms with Crippen LogP contribution in [0.1, 0.15) is 43.2 Å². The van der Waals surface area contributed by atoms with E-state index in [1.54, 1.807) is 7.05 Å². The third-order valence-corrected chi connectivity index (χ3v) is 6.92. The SMILES string of the molecule is CN=C(NCC1CN(C)CCN1C)NCC1(c2cccc(C(F)(F)F)c2)CCCCC1. The largest absolute Gasteiger partial charge is 0.416 e. The van der Waals surface area contributed by atoms with Gasteiger partial charge in [-0.25, -0.2) is 0 Å². The van der Waals surface area contributed by atoms with Gasteiger partial charge in [-0.05, 0) is 38.6 Å². The minimum atomic E-state index is -4.32.